The van der Waals surface area contributed by atoms with E-state index in [9.17, 15) is 9.59 Å². The average Bonchev–Trinajstić information content (AvgIpc) is 2.59. The molecule has 3 heteroatoms. The lowest BCUT2D eigenvalue weighted by atomic mass is 9.84. The van der Waals surface area contributed by atoms with Crippen molar-refractivity contribution in [1.29, 1.82) is 0 Å². The van der Waals surface area contributed by atoms with Crippen LogP contribution in [0.2, 0.25) is 0 Å². The number of benzene rings is 2. The lowest BCUT2D eigenvalue weighted by Crippen LogP contribution is -2.25. The van der Waals surface area contributed by atoms with Crippen molar-refractivity contribution in [2.45, 2.75) is 0 Å². The maximum absolute atomic E-state index is 12.7. The van der Waals surface area contributed by atoms with E-state index in [1.165, 1.54) is 0 Å². The highest BCUT2D eigenvalue weighted by molar-refractivity contribution is 6.28. The number of fused-ring (bicyclic) bond motifs is 2. The maximum atomic E-state index is 12.7. The summed E-state index contributed by atoms with van der Waals surface area (Å²) >= 11 is 0. The van der Waals surface area contributed by atoms with E-state index in [1.807, 2.05) is 11.0 Å². The predicted octanol–water partition coefficient (Wildman–Crippen LogP) is 3.64. The summed E-state index contributed by atoms with van der Waals surface area (Å²) in [7, 11) is 0. The van der Waals surface area contributed by atoms with Gasteiger partial charge in [0.2, 0.25) is 0 Å². The molecule has 3 rings (SSSR count). The predicted molar refractivity (Wildman–Crippen MR) is 92.4 cm³/mol. The summed E-state index contributed by atoms with van der Waals surface area (Å²) in [5.74, 6) is -0.199. The van der Waals surface area contributed by atoms with Gasteiger partial charge in [-0.25, -0.2) is 0 Å². The van der Waals surface area contributed by atoms with Crippen LogP contribution >= 0.6 is 0 Å². The number of carbonyl (C=O) groups excluding carboxylic acids is 2. The zero-order chi connectivity index (χ0) is 16.4. The van der Waals surface area contributed by atoms with Gasteiger partial charge in [0.05, 0.1) is 0 Å². The van der Waals surface area contributed by atoms with Crippen molar-refractivity contribution in [3.05, 3.63) is 90.0 Å². The molecule has 1 aliphatic rings. The van der Waals surface area contributed by atoms with Gasteiger partial charge in [-0.2, -0.15) is 0 Å². The molecule has 0 N–H and O–H groups in total. The molecule has 2 aromatic carbocycles. The highest BCUT2D eigenvalue weighted by Gasteiger charge is 2.29. The Morgan fingerprint density at radius 2 is 1.30 bits per heavy atom. The zero-order valence-corrected chi connectivity index (χ0v) is 12.8. The number of nitrogens with zero attached hydrogens (tertiary/aromatic N) is 1. The third-order valence-corrected chi connectivity index (χ3v) is 3.97. The summed E-state index contributed by atoms with van der Waals surface area (Å²) in [4.78, 5) is 27.4. The molecule has 0 fully saturated rings. The topological polar surface area (TPSA) is 37.4 Å². The molecule has 0 saturated carbocycles. The van der Waals surface area contributed by atoms with E-state index in [2.05, 4.69) is 13.2 Å². The normalized spacial score (nSPS) is 12.3. The fraction of sp³-hybridized carbons (Fsp3) is 0.100. The molecule has 0 aromatic heterocycles. The van der Waals surface area contributed by atoms with E-state index in [-0.39, 0.29) is 11.6 Å². The van der Waals surface area contributed by atoms with Crippen molar-refractivity contribution < 1.29 is 9.59 Å². The molecule has 0 radical (unpaired) electrons. The minimum Gasteiger partial charge on any atom is -0.364 e. The molecule has 23 heavy (non-hydrogen) atoms. The van der Waals surface area contributed by atoms with E-state index in [1.54, 1.807) is 48.6 Å². The van der Waals surface area contributed by atoms with Gasteiger partial charge in [-0.15, -0.1) is 13.2 Å². The van der Waals surface area contributed by atoms with Gasteiger partial charge in [0, 0.05) is 41.0 Å². The zero-order valence-electron chi connectivity index (χ0n) is 12.8. The molecule has 0 amide bonds. The lowest BCUT2D eigenvalue weighted by molar-refractivity contribution is 0.0979. The summed E-state index contributed by atoms with van der Waals surface area (Å²) in [5.41, 5.74) is 2.76. The Bertz CT molecular complexity index is 810. The van der Waals surface area contributed by atoms with Gasteiger partial charge in [0.25, 0.3) is 0 Å². The van der Waals surface area contributed by atoms with Crippen molar-refractivity contribution in [3.8, 4) is 0 Å². The Morgan fingerprint density at radius 3 is 1.87 bits per heavy atom. The second-order valence-corrected chi connectivity index (χ2v) is 5.42. The first-order valence-corrected chi connectivity index (χ1v) is 7.46. The number of rotatable bonds is 5. The van der Waals surface area contributed by atoms with Crippen molar-refractivity contribution in [2.75, 3.05) is 18.0 Å². The molecular formula is C20H17NO2. The summed E-state index contributed by atoms with van der Waals surface area (Å²) in [6.45, 7) is 8.80. The molecule has 1 aliphatic carbocycles. The van der Waals surface area contributed by atoms with Gasteiger partial charge in [-0.3, -0.25) is 9.59 Å². The number of carbonyl (C=O) groups is 2. The van der Waals surface area contributed by atoms with Gasteiger partial charge in [0.1, 0.15) is 0 Å². The van der Waals surface area contributed by atoms with Crippen LogP contribution in [0.25, 0.3) is 0 Å². The minimum atomic E-state index is -0.103. The molecule has 114 valence electrons. The molecule has 0 heterocycles. The SMILES string of the molecule is C=CCN(CC=C)c1ccc2c(c1)C(=O)c1ccccc1C2=O. The van der Waals surface area contributed by atoms with Crippen molar-refractivity contribution >= 4 is 17.3 Å². The molecule has 0 aliphatic heterocycles. The first-order chi connectivity index (χ1) is 11.2. The molecule has 0 atom stereocenters. The lowest BCUT2D eigenvalue weighted by Gasteiger charge is -2.24. The van der Waals surface area contributed by atoms with Gasteiger partial charge in [-0.05, 0) is 18.2 Å². The second kappa shape index (κ2) is 6.05. The molecular weight excluding hydrogens is 286 g/mol. The monoisotopic (exact) mass is 303 g/mol. The number of hydrogen-bond acceptors (Lipinski definition) is 3. The molecule has 0 saturated heterocycles. The Labute approximate surface area is 135 Å². The van der Waals surface area contributed by atoms with E-state index in [0.29, 0.717) is 35.3 Å². The minimum absolute atomic E-state index is 0.0965. The van der Waals surface area contributed by atoms with Crippen LogP contribution in [0.3, 0.4) is 0 Å². The van der Waals surface area contributed by atoms with Crippen LogP contribution in [0.4, 0.5) is 5.69 Å². The Kier molecular flexibility index (Phi) is 3.94. The Hall–Kier alpha value is -2.94. The highest BCUT2D eigenvalue weighted by Crippen LogP contribution is 2.30. The third-order valence-electron chi connectivity index (χ3n) is 3.97. The van der Waals surface area contributed by atoms with Gasteiger partial charge >= 0.3 is 0 Å². The largest absolute Gasteiger partial charge is 0.364 e. The third kappa shape index (κ3) is 2.50. The summed E-state index contributed by atoms with van der Waals surface area (Å²) in [6, 6.07) is 12.4. The van der Waals surface area contributed by atoms with Crippen LogP contribution in [0, 0.1) is 0 Å². The average molecular weight is 303 g/mol. The smallest absolute Gasteiger partial charge is 0.194 e. The van der Waals surface area contributed by atoms with Crippen LogP contribution < -0.4 is 4.90 Å². The van der Waals surface area contributed by atoms with Crippen LogP contribution in [-0.4, -0.2) is 24.7 Å². The fourth-order valence-corrected chi connectivity index (χ4v) is 2.88. The number of hydrogen-bond donors (Lipinski definition) is 0. The van der Waals surface area contributed by atoms with Gasteiger partial charge in [-0.1, -0.05) is 36.4 Å². The maximum Gasteiger partial charge on any atom is 0.194 e. The van der Waals surface area contributed by atoms with E-state index in [0.717, 1.165) is 5.69 Å². The Balaban J connectivity index is 2.09. The summed E-state index contributed by atoms with van der Waals surface area (Å²) in [6.07, 6.45) is 3.59. The number of ketones is 2. The quantitative estimate of drug-likeness (QED) is 0.675. The molecule has 3 nitrogen and oxygen atoms in total. The summed E-state index contributed by atoms with van der Waals surface area (Å²) < 4.78 is 0. The van der Waals surface area contributed by atoms with Crippen molar-refractivity contribution in [3.63, 3.8) is 0 Å². The van der Waals surface area contributed by atoms with Crippen molar-refractivity contribution in [2.24, 2.45) is 0 Å². The summed E-state index contributed by atoms with van der Waals surface area (Å²) in [5, 5.41) is 0. The van der Waals surface area contributed by atoms with E-state index < -0.39 is 0 Å². The van der Waals surface area contributed by atoms with Crippen molar-refractivity contribution in [1.82, 2.24) is 0 Å². The fourth-order valence-electron chi connectivity index (χ4n) is 2.88. The van der Waals surface area contributed by atoms with Crippen LogP contribution in [0.5, 0.6) is 0 Å². The first kappa shape index (κ1) is 15.0. The van der Waals surface area contributed by atoms with Crippen LogP contribution in [0.15, 0.2) is 67.8 Å². The second-order valence-electron chi connectivity index (χ2n) is 5.42. The molecule has 0 unspecified atom stereocenters. The molecule has 0 spiro atoms. The van der Waals surface area contributed by atoms with Crippen LogP contribution in [0.1, 0.15) is 31.8 Å². The highest BCUT2D eigenvalue weighted by atomic mass is 16.1. The van der Waals surface area contributed by atoms with Crippen LogP contribution in [-0.2, 0) is 0 Å². The van der Waals surface area contributed by atoms with Gasteiger partial charge in [0.15, 0.2) is 11.6 Å². The van der Waals surface area contributed by atoms with E-state index in [4.69, 9.17) is 0 Å². The molecule has 0 bridgehead atoms. The van der Waals surface area contributed by atoms with E-state index >= 15 is 0 Å². The first-order valence-electron chi connectivity index (χ1n) is 7.46. The standard InChI is InChI=1S/C20H17NO2/c1-3-11-21(12-4-2)14-9-10-17-18(13-14)20(23)16-8-6-5-7-15(16)19(17)22/h3-10,13H,1-2,11-12H2. The number of anilines is 1. The van der Waals surface area contributed by atoms with Gasteiger partial charge < -0.3 is 4.90 Å². The molecule has 2 aromatic rings. The Morgan fingerprint density at radius 1 is 0.783 bits per heavy atom.